The predicted molar refractivity (Wildman–Crippen MR) is 139 cm³/mol. The largest absolute Gasteiger partial charge is 0.352 e. The van der Waals surface area contributed by atoms with E-state index in [1.54, 1.807) is 0 Å². The van der Waals surface area contributed by atoms with Gasteiger partial charge in [-0.15, -0.1) is 0 Å². The van der Waals surface area contributed by atoms with Crippen molar-refractivity contribution in [1.82, 2.24) is 14.9 Å². The van der Waals surface area contributed by atoms with E-state index in [2.05, 4.69) is 77.8 Å². The fraction of sp³-hybridized carbons (Fsp3) is 0.286. The van der Waals surface area contributed by atoms with E-state index in [1.165, 1.54) is 27.8 Å². The number of nitrogens with one attached hydrogen (secondary N) is 1. The Balaban J connectivity index is 1.53. The number of aryl methyl sites for hydroxylation is 3. The van der Waals surface area contributed by atoms with Crippen molar-refractivity contribution < 1.29 is 4.79 Å². The molecule has 0 aliphatic rings. The molecule has 4 rings (SSSR count). The van der Waals surface area contributed by atoms with Crippen molar-refractivity contribution in [2.75, 3.05) is 6.54 Å². The molecule has 0 unspecified atom stereocenters. The van der Waals surface area contributed by atoms with E-state index in [1.807, 2.05) is 30.3 Å². The van der Waals surface area contributed by atoms with Crippen LogP contribution in [0.3, 0.4) is 0 Å². The van der Waals surface area contributed by atoms with E-state index in [9.17, 15) is 4.79 Å². The van der Waals surface area contributed by atoms with Gasteiger partial charge in [-0.2, -0.15) is 0 Å². The van der Waals surface area contributed by atoms with E-state index in [-0.39, 0.29) is 5.91 Å². The number of halogens is 1. The lowest BCUT2D eigenvalue weighted by Crippen LogP contribution is -2.25. The highest BCUT2D eigenvalue weighted by Gasteiger charge is 2.15. The van der Waals surface area contributed by atoms with Crippen LogP contribution < -0.4 is 5.32 Å². The average molecular weight is 504 g/mol. The molecule has 4 aromatic rings. The summed E-state index contributed by atoms with van der Waals surface area (Å²) in [5.74, 6) is 1.01. The molecular formula is C28H30BrN3O. The molecule has 170 valence electrons. The molecule has 4 nitrogen and oxygen atoms in total. The van der Waals surface area contributed by atoms with Crippen LogP contribution in [0.5, 0.6) is 0 Å². The number of para-hydroxylation sites is 2. The Morgan fingerprint density at radius 3 is 2.42 bits per heavy atom. The van der Waals surface area contributed by atoms with Crippen molar-refractivity contribution >= 4 is 32.9 Å². The molecular weight excluding hydrogens is 474 g/mol. The Bertz CT molecular complexity index is 1300. The molecule has 0 saturated carbocycles. The minimum absolute atomic E-state index is 0.0497. The molecule has 0 aliphatic heterocycles. The molecule has 0 radical (unpaired) electrons. The second-order valence-corrected chi connectivity index (χ2v) is 9.63. The molecule has 1 aromatic heterocycles. The SMILES string of the molecule is Cc1cc(C)c(C)c(Cn2c(CCCNC(=O)c3cccc(Br)c3)nc3ccccc32)c1C. The lowest BCUT2D eigenvalue weighted by molar-refractivity contribution is 0.0953. The average Bonchev–Trinajstić information content (AvgIpc) is 3.15. The van der Waals surface area contributed by atoms with Crippen molar-refractivity contribution in [2.45, 2.75) is 47.1 Å². The summed E-state index contributed by atoms with van der Waals surface area (Å²) in [5, 5.41) is 3.04. The zero-order chi connectivity index (χ0) is 23.5. The van der Waals surface area contributed by atoms with Crippen LogP contribution in [0.2, 0.25) is 0 Å². The number of nitrogens with zero attached hydrogens (tertiary/aromatic N) is 2. The maximum absolute atomic E-state index is 12.4. The van der Waals surface area contributed by atoms with Crippen LogP contribution in [0.25, 0.3) is 11.0 Å². The fourth-order valence-electron chi connectivity index (χ4n) is 4.37. The van der Waals surface area contributed by atoms with Crippen LogP contribution in [0.1, 0.15) is 50.4 Å². The lowest BCUT2D eigenvalue weighted by Gasteiger charge is -2.18. The molecule has 0 aliphatic carbocycles. The molecule has 0 atom stereocenters. The topological polar surface area (TPSA) is 46.9 Å². The van der Waals surface area contributed by atoms with Gasteiger partial charge in [0.1, 0.15) is 5.82 Å². The number of amides is 1. The number of carbonyl (C=O) groups is 1. The van der Waals surface area contributed by atoms with Gasteiger partial charge in [-0.3, -0.25) is 4.79 Å². The van der Waals surface area contributed by atoms with Gasteiger partial charge in [0.15, 0.2) is 0 Å². The molecule has 3 aromatic carbocycles. The summed E-state index contributed by atoms with van der Waals surface area (Å²) in [7, 11) is 0. The number of imidazole rings is 1. The molecule has 1 N–H and O–H groups in total. The maximum atomic E-state index is 12.4. The molecule has 0 bridgehead atoms. The zero-order valence-corrected chi connectivity index (χ0v) is 21.3. The van der Waals surface area contributed by atoms with Gasteiger partial charge in [-0.05, 0) is 92.3 Å². The van der Waals surface area contributed by atoms with Gasteiger partial charge in [-0.25, -0.2) is 4.98 Å². The second-order valence-electron chi connectivity index (χ2n) is 8.71. The summed E-state index contributed by atoms with van der Waals surface area (Å²) in [6, 6.07) is 18.1. The summed E-state index contributed by atoms with van der Waals surface area (Å²) in [6.07, 6.45) is 1.63. The third-order valence-electron chi connectivity index (χ3n) is 6.52. The molecule has 1 amide bonds. The van der Waals surface area contributed by atoms with Crippen LogP contribution in [-0.2, 0) is 13.0 Å². The summed E-state index contributed by atoms with van der Waals surface area (Å²) >= 11 is 3.42. The van der Waals surface area contributed by atoms with Crippen molar-refractivity contribution in [3.05, 3.63) is 98.3 Å². The smallest absolute Gasteiger partial charge is 0.251 e. The summed E-state index contributed by atoms with van der Waals surface area (Å²) in [4.78, 5) is 17.4. The first kappa shape index (κ1) is 23.2. The van der Waals surface area contributed by atoms with E-state index in [0.717, 1.165) is 40.7 Å². The third-order valence-corrected chi connectivity index (χ3v) is 7.01. The molecule has 0 fully saturated rings. The minimum atomic E-state index is -0.0497. The van der Waals surface area contributed by atoms with Crippen LogP contribution >= 0.6 is 15.9 Å². The second kappa shape index (κ2) is 9.92. The maximum Gasteiger partial charge on any atom is 0.251 e. The number of aromatic nitrogens is 2. The number of hydrogen-bond donors (Lipinski definition) is 1. The molecule has 33 heavy (non-hydrogen) atoms. The van der Waals surface area contributed by atoms with E-state index in [4.69, 9.17) is 4.98 Å². The molecule has 0 spiro atoms. The van der Waals surface area contributed by atoms with Gasteiger partial charge in [0.2, 0.25) is 0 Å². The van der Waals surface area contributed by atoms with Crippen LogP contribution in [0.4, 0.5) is 0 Å². The summed E-state index contributed by atoms with van der Waals surface area (Å²) in [6.45, 7) is 10.2. The number of hydrogen-bond acceptors (Lipinski definition) is 2. The van der Waals surface area contributed by atoms with Gasteiger partial charge in [-0.1, -0.05) is 40.2 Å². The standard InChI is InChI=1S/C28H30BrN3O/c1-18-15-19(2)21(4)24(20(18)3)17-32-26-12-6-5-11-25(26)31-27(32)13-8-14-30-28(33)22-9-7-10-23(29)16-22/h5-7,9-12,15-16H,8,13-14,17H2,1-4H3,(H,30,33). The first-order chi connectivity index (χ1) is 15.8. The normalized spacial score (nSPS) is 11.2. The molecule has 1 heterocycles. The number of fused-ring (bicyclic) bond motifs is 1. The van der Waals surface area contributed by atoms with Crippen LogP contribution in [-0.4, -0.2) is 22.0 Å². The minimum Gasteiger partial charge on any atom is -0.352 e. The zero-order valence-electron chi connectivity index (χ0n) is 19.7. The Kier molecular flexibility index (Phi) is 6.99. The highest BCUT2D eigenvalue weighted by molar-refractivity contribution is 9.10. The lowest BCUT2D eigenvalue weighted by atomic mass is 9.94. The van der Waals surface area contributed by atoms with Gasteiger partial charge >= 0.3 is 0 Å². The Morgan fingerprint density at radius 2 is 1.70 bits per heavy atom. The van der Waals surface area contributed by atoms with Crippen LogP contribution in [0, 0.1) is 27.7 Å². The highest BCUT2D eigenvalue weighted by Crippen LogP contribution is 2.26. The Hall–Kier alpha value is -2.92. The fourth-order valence-corrected chi connectivity index (χ4v) is 4.77. The van der Waals surface area contributed by atoms with Gasteiger partial charge < -0.3 is 9.88 Å². The van der Waals surface area contributed by atoms with E-state index < -0.39 is 0 Å². The third kappa shape index (κ3) is 5.03. The Labute approximate surface area is 204 Å². The highest BCUT2D eigenvalue weighted by atomic mass is 79.9. The van der Waals surface area contributed by atoms with Crippen molar-refractivity contribution in [3.63, 3.8) is 0 Å². The van der Waals surface area contributed by atoms with Gasteiger partial charge in [0, 0.05) is 29.5 Å². The first-order valence-corrected chi connectivity index (χ1v) is 12.2. The van der Waals surface area contributed by atoms with Gasteiger partial charge in [0.05, 0.1) is 11.0 Å². The first-order valence-electron chi connectivity index (χ1n) is 11.4. The van der Waals surface area contributed by atoms with Crippen molar-refractivity contribution in [2.24, 2.45) is 0 Å². The summed E-state index contributed by atoms with van der Waals surface area (Å²) < 4.78 is 3.25. The Morgan fingerprint density at radius 1 is 0.970 bits per heavy atom. The van der Waals surface area contributed by atoms with Crippen molar-refractivity contribution in [1.29, 1.82) is 0 Å². The number of rotatable bonds is 7. The molecule has 0 saturated heterocycles. The van der Waals surface area contributed by atoms with E-state index in [0.29, 0.717) is 12.1 Å². The van der Waals surface area contributed by atoms with E-state index >= 15 is 0 Å². The number of carbonyl (C=O) groups excluding carboxylic acids is 1. The number of benzene rings is 3. The van der Waals surface area contributed by atoms with Gasteiger partial charge in [0.25, 0.3) is 5.91 Å². The predicted octanol–water partition coefficient (Wildman–Crippen LogP) is 6.44. The van der Waals surface area contributed by atoms with Crippen LogP contribution in [0.15, 0.2) is 59.1 Å². The quantitative estimate of drug-likeness (QED) is 0.294. The monoisotopic (exact) mass is 503 g/mol. The van der Waals surface area contributed by atoms with Crippen molar-refractivity contribution in [3.8, 4) is 0 Å². The molecule has 5 heteroatoms. The summed E-state index contributed by atoms with van der Waals surface area (Å²) in [5.41, 5.74) is 9.57.